The molecule has 244 valence electrons. The van der Waals surface area contributed by atoms with E-state index in [0.29, 0.717) is 13.2 Å². The first-order valence-corrected chi connectivity index (χ1v) is 16.4. The van der Waals surface area contributed by atoms with Gasteiger partial charge in [-0.25, -0.2) is 4.79 Å². The van der Waals surface area contributed by atoms with E-state index in [4.69, 9.17) is 14.2 Å². The van der Waals surface area contributed by atoms with Crippen LogP contribution in [-0.4, -0.2) is 43.2 Å². The van der Waals surface area contributed by atoms with Crippen LogP contribution in [0.1, 0.15) is 86.3 Å². The smallest absolute Gasteiger partial charge is 0.323 e. The maximum absolute atomic E-state index is 12.5. The van der Waals surface area contributed by atoms with E-state index < -0.39 is 11.9 Å². The molecule has 4 rings (SSSR count). The summed E-state index contributed by atoms with van der Waals surface area (Å²) in [7, 11) is 0. The molecule has 8 nitrogen and oxygen atoms in total. The molecule has 1 aliphatic rings. The predicted octanol–water partition coefficient (Wildman–Crippen LogP) is 7.82. The Morgan fingerprint density at radius 1 is 0.911 bits per heavy atom. The number of carbonyl (C=O) groups excluding carboxylic acids is 1. The average Bonchev–Trinajstić information content (AvgIpc) is 3.00. The number of benzene rings is 3. The van der Waals surface area contributed by atoms with Gasteiger partial charge in [0.15, 0.2) is 0 Å². The number of ether oxygens (including phenoxy) is 3. The highest BCUT2D eigenvalue weighted by molar-refractivity contribution is 6.00. The van der Waals surface area contributed by atoms with Gasteiger partial charge < -0.3 is 35.3 Å². The van der Waals surface area contributed by atoms with Crippen LogP contribution in [0.25, 0.3) is 0 Å². The molecule has 0 aliphatic carbocycles. The minimum atomic E-state index is -0.613. The number of nitrogens with one attached hydrogen (secondary N) is 3. The number of aliphatic hydroxyl groups excluding tert-OH is 1. The monoisotopic (exact) mass is 617 g/mol. The van der Waals surface area contributed by atoms with Crippen molar-refractivity contribution < 1.29 is 24.1 Å². The summed E-state index contributed by atoms with van der Waals surface area (Å²) in [5.74, 6) is 0.213. The lowest BCUT2D eigenvalue weighted by Crippen LogP contribution is -2.35. The highest BCUT2D eigenvalue weighted by Gasteiger charge is 2.27. The number of para-hydroxylation sites is 1. The van der Waals surface area contributed by atoms with E-state index in [1.807, 2.05) is 82.3 Å². The van der Waals surface area contributed by atoms with Gasteiger partial charge in [0.25, 0.3) is 0 Å². The molecule has 3 aromatic rings. The van der Waals surface area contributed by atoms with Gasteiger partial charge in [0.1, 0.15) is 5.75 Å². The summed E-state index contributed by atoms with van der Waals surface area (Å²) in [6.45, 7) is 11.3. The third kappa shape index (κ3) is 11.5. The molecule has 0 saturated heterocycles. The molecule has 4 N–H and O–H groups in total. The summed E-state index contributed by atoms with van der Waals surface area (Å²) in [6, 6.07) is 19.6. The zero-order valence-corrected chi connectivity index (χ0v) is 27.4. The second kappa shape index (κ2) is 17.3. The molecule has 0 bridgehead atoms. The van der Waals surface area contributed by atoms with Crippen molar-refractivity contribution in [3.63, 3.8) is 0 Å². The summed E-state index contributed by atoms with van der Waals surface area (Å²) in [4.78, 5) is 12.5. The minimum Gasteiger partial charge on any atom is -0.463 e. The zero-order valence-electron chi connectivity index (χ0n) is 27.4. The first-order valence-electron chi connectivity index (χ1n) is 16.4. The fourth-order valence-corrected chi connectivity index (χ4v) is 5.46. The molecule has 1 aliphatic heterocycles. The summed E-state index contributed by atoms with van der Waals surface area (Å²) < 4.78 is 17.4. The average molecular weight is 618 g/mol. The van der Waals surface area contributed by atoms with Gasteiger partial charge >= 0.3 is 6.03 Å². The number of urea groups is 1. The van der Waals surface area contributed by atoms with Crippen molar-refractivity contribution in [3.05, 3.63) is 88.5 Å². The SMILES string of the molecule is Cc1cccc(C)c1NC(=O)Nc1cccc(CCCCOCCCCCCNC[C@H](O)c2ccc3c(c2)COC(C)(C)O3)c1. The van der Waals surface area contributed by atoms with Crippen LogP contribution < -0.4 is 20.7 Å². The van der Waals surface area contributed by atoms with Gasteiger partial charge in [0.2, 0.25) is 5.79 Å². The van der Waals surface area contributed by atoms with E-state index in [2.05, 4.69) is 22.0 Å². The standard InChI is InChI=1S/C37H51N3O5/c1-27-13-11-14-28(2)35(27)40-36(42)39-32-17-12-16-29(23-32)15-7-10-22-43-21-9-6-5-8-20-38-25-33(41)30-18-19-34-31(24-30)26-44-37(3,4)45-34/h11-14,16-19,23-24,33,38,41H,5-10,15,20-22,25-26H2,1-4H3,(H2,39,40,42)/t33-/m0/s1. The van der Waals surface area contributed by atoms with Crippen molar-refractivity contribution in [2.24, 2.45) is 0 Å². The highest BCUT2D eigenvalue weighted by Crippen LogP contribution is 2.33. The first-order chi connectivity index (χ1) is 21.7. The fraction of sp³-hybridized carbons (Fsp3) is 0.486. The molecule has 1 atom stereocenters. The van der Waals surface area contributed by atoms with Crippen LogP contribution in [-0.2, 0) is 22.5 Å². The molecule has 1 heterocycles. The van der Waals surface area contributed by atoms with E-state index in [0.717, 1.165) is 104 Å². The molecule has 0 spiro atoms. The largest absolute Gasteiger partial charge is 0.463 e. The number of hydrogen-bond acceptors (Lipinski definition) is 6. The van der Waals surface area contributed by atoms with Crippen molar-refractivity contribution in [3.8, 4) is 5.75 Å². The molecule has 45 heavy (non-hydrogen) atoms. The predicted molar refractivity (Wildman–Crippen MR) is 181 cm³/mol. The maximum Gasteiger partial charge on any atom is 0.323 e. The lowest BCUT2D eigenvalue weighted by atomic mass is 10.0. The second-order valence-corrected chi connectivity index (χ2v) is 12.4. The van der Waals surface area contributed by atoms with Gasteiger partial charge in [0.05, 0.1) is 12.7 Å². The number of aryl methyl sites for hydroxylation is 3. The van der Waals surface area contributed by atoms with E-state index in [1.165, 1.54) is 5.56 Å². The van der Waals surface area contributed by atoms with Gasteiger partial charge in [-0.05, 0) is 99.0 Å². The lowest BCUT2D eigenvalue weighted by molar-refractivity contribution is -0.180. The highest BCUT2D eigenvalue weighted by atomic mass is 16.7. The number of amides is 2. The quantitative estimate of drug-likeness (QED) is 0.115. The van der Waals surface area contributed by atoms with Crippen molar-refractivity contribution >= 4 is 17.4 Å². The number of anilines is 2. The topological polar surface area (TPSA) is 101 Å². The third-order valence-electron chi connectivity index (χ3n) is 8.04. The Morgan fingerprint density at radius 2 is 1.64 bits per heavy atom. The van der Waals surface area contributed by atoms with Crippen LogP contribution in [0.15, 0.2) is 60.7 Å². The minimum absolute atomic E-state index is 0.231. The van der Waals surface area contributed by atoms with Gasteiger partial charge in [-0.15, -0.1) is 0 Å². The number of aliphatic hydroxyl groups is 1. The van der Waals surface area contributed by atoms with Gasteiger partial charge in [-0.3, -0.25) is 0 Å². The number of hydrogen-bond donors (Lipinski definition) is 4. The summed E-state index contributed by atoms with van der Waals surface area (Å²) in [5.41, 5.74) is 6.79. The van der Waals surface area contributed by atoms with Crippen molar-refractivity contribution in [2.45, 2.75) is 91.1 Å². The van der Waals surface area contributed by atoms with E-state index in [-0.39, 0.29) is 6.03 Å². The molecule has 0 unspecified atom stereocenters. The van der Waals surface area contributed by atoms with E-state index >= 15 is 0 Å². The van der Waals surface area contributed by atoms with Gasteiger partial charge in [-0.2, -0.15) is 0 Å². The number of rotatable bonds is 17. The first kappa shape index (κ1) is 34.4. The van der Waals surface area contributed by atoms with Crippen molar-refractivity contribution in [2.75, 3.05) is 36.9 Å². The van der Waals surface area contributed by atoms with E-state index in [9.17, 15) is 9.90 Å². The molecular formula is C37H51N3O5. The third-order valence-corrected chi connectivity index (χ3v) is 8.04. The number of unbranched alkanes of at least 4 members (excludes halogenated alkanes) is 4. The molecular weight excluding hydrogens is 566 g/mol. The molecule has 3 aromatic carbocycles. The van der Waals surface area contributed by atoms with Crippen LogP contribution >= 0.6 is 0 Å². The molecule has 0 saturated carbocycles. The van der Waals surface area contributed by atoms with Crippen molar-refractivity contribution in [1.29, 1.82) is 0 Å². The van der Waals surface area contributed by atoms with Crippen LogP contribution in [0.5, 0.6) is 5.75 Å². The number of carbonyl (C=O) groups is 1. The summed E-state index contributed by atoms with van der Waals surface area (Å²) in [5, 5.41) is 19.9. The van der Waals surface area contributed by atoms with Crippen molar-refractivity contribution in [1.82, 2.24) is 5.32 Å². The van der Waals surface area contributed by atoms with Crippen LogP contribution in [0.4, 0.5) is 16.2 Å². The van der Waals surface area contributed by atoms with Crippen LogP contribution in [0.2, 0.25) is 0 Å². The van der Waals surface area contributed by atoms with Crippen LogP contribution in [0.3, 0.4) is 0 Å². The maximum atomic E-state index is 12.5. The Balaban J connectivity index is 0.987. The van der Waals surface area contributed by atoms with E-state index in [1.54, 1.807) is 0 Å². The normalized spacial score (nSPS) is 14.3. The summed E-state index contributed by atoms with van der Waals surface area (Å²) >= 11 is 0. The summed E-state index contributed by atoms with van der Waals surface area (Å²) in [6.07, 6.45) is 6.88. The van der Waals surface area contributed by atoms with Gasteiger partial charge in [-0.1, -0.05) is 49.2 Å². The Bertz CT molecular complexity index is 1360. The fourth-order valence-electron chi connectivity index (χ4n) is 5.46. The molecule has 0 aromatic heterocycles. The molecule has 8 heteroatoms. The van der Waals surface area contributed by atoms with Crippen LogP contribution in [0, 0.1) is 13.8 Å². The Morgan fingerprint density at radius 3 is 2.44 bits per heavy atom. The Hall–Kier alpha value is -3.43. The number of fused-ring (bicyclic) bond motifs is 1. The zero-order chi connectivity index (χ0) is 32.1. The molecule has 0 fully saturated rings. The lowest BCUT2D eigenvalue weighted by Gasteiger charge is -2.33. The second-order valence-electron chi connectivity index (χ2n) is 12.4. The molecule has 0 radical (unpaired) electrons. The molecule has 2 amide bonds. The Kier molecular flexibility index (Phi) is 13.3. The Labute approximate surface area is 268 Å². The van der Waals surface area contributed by atoms with Gasteiger partial charge in [0, 0.05) is 50.5 Å².